The van der Waals surface area contributed by atoms with Crippen molar-refractivity contribution >= 4 is 17.5 Å². The predicted octanol–water partition coefficient (Wildman–Crippen LogP) is 3.07. The van der Waals surface area contributed by atoms with Crippen LogP contribution in [0.2, 0.25) is 5.28 Å². The number of rotatable bonds is 7. The number of anilines is 1. The third kappa shape index (κ3) is 7.00. The first-order chi connectivity index (χ1) is 8.90. The summed E-state index contributed by atoms with van der Waals surface area (Å²) < 4.78 is 40.8. The van der Waals surface area contributed by atoms with Crippen LogP contribution in [0.4, 0.5) is 19.1 Å². The fourth-order valence-electron chi connectivity index (χ4n) is 1.15. The van der Waals surface area contributed by atoms with Crippen LogP contribution in [-0.2, 0) is 0 Å². The average Bonchev–Trinajstić information content (AvgIpc) is 2.30. The molecule has 0 amide bonds. The largest absolute Gasteiger partial charge is 0.463 e. The minimum absolute atomic E-state index is 0.0700. The molecule has 5 nitrogen and oxygen atoms in total. The first kappa shape index (κ1) is 15.7. The quantitative estimate of drug-likeness (QED) is 0.784. The van der Waals surface area contributed by atoms with Gasteiger partial charge in [0.15, 0.2) is 0 Å². The normalized spacial score (nSPS) is 11.4. The van der Waals surface area contributed by atoms with Crippen LogP contribution in [0.1, 0.15) is 26.2 Å². The van der Waals surface area contributed by atoms with Gasteiger partial charge in [0, 0.05) is 13.0 Å². The van der Waals surface area contributed by atoms with Crippen molar-refractivity contribution in [2.24, 2.45) is 0 Å². The summed E-state index contributed by atoms with van der Waals surface area (Å²) in [5.74, 6) is 0.243. The van der Waals surface area contributed by atoms with Crippen LogP contribution in [0.15, 0.2) is 0 Å². The molecule has 1 heterocycles. The molecule has 108 valence electrons. The fourth-order valence-corrected chi connectivity index (χ4v) is 1.30. The number of hydrogen-bond acceptors (Lipinski definition) is 5. The lowest BCUT2D eigenvalue weighted by atomic mass is 10.3. The molecule has 0 aliphatic rings. The zero-order valence-corrected chi connectivity index (χ0v) is 11.1. The van der Waals surface area contributed by atoms with Crippen LogP contribution in [0.5, 0.6) is 6.01 Å². The standard InChI is InChI=1S/C10H14ClF3N4O/c1-2-5-15-8-16-7(11)17-9(18-8)19-6-3-4-10(12,13)14/h2-6H2,1H3,(H,15,16,17,18). The Kier molecular flexibility index (Phi) is 6.07. The van der Waals surface area contributed by atoms with Crippen LogP contribution in [0.25, 0.3) is 0 Å². The van der Waals surface area contributed by atoms with E-state index in [0.717, 1.165) is 6.42 Å². The first-order valence-corrected chi connectivity index (χ1v) is 6.13. The number of alkyl halides is 3. The van der Waals surface area contributed by atoms with E-state index in [9.17, 15) is 13.2 Å². The van der Waals surface area contributed by atoms with Crippen LogP contribution >= 0.6 is 11.6 Å². The second kappa shape index (κ2) is 7.32. The summed E-state index contributed by atoms with van der Waals surface area (Å²) in [6, 6.07) is -0.0826. The maximum Gasteiger partial charge on any atom is 0.389 e. The number of ether oxygens (including phenoxy) is 1. The Labute approximate surface area is 113 Å². The summed E-state index contributed by atoms with van der Waals surface area (Å²) >= 11 is 5.65. The molecule has 1 N–H and O–H groups in total. The number of hydrogen-bond donors (Lipinski definition) is 1. The minimum Gasteiger partial charge on any atom is -0.463 e. The van der Waals surface area contributed by atoms with E-state index in [2.05, 4.69) is 20.3 Å². The molecule has 9 heteroatoms. The zero-order valence-electron chi connectivity index (χ0n) is 10.3. The first-order valence-electron chi connectivity index (χ1n) is 5.75. The molecule has 0 spiro atoms. The van der Waals surface area contributed by atoms with Crippen molar-refractivity contribution in [2.75, 3.05) is 18.5 Å². The van der Waals surface area contributed by atoms with Gasteiger partial charge in [-0.15, -0.1) is 0 Å². The Morgan fingerprint density at radius 2 is 2.00 bits per heavy atom. The Morgan fingerprint density at radius 1 is 1.26 bits per heavy atom. The lowest BCUT2D eigenvalue weighted by molar-refractivity contribution is -0.136. The molecule has 0 saturated carbocycles. The topological polar surface area (TPSA) is 59.9 Å². The van der Waals surface area contributed by atoms with E-state index < -0.39 is 12.6 Å². The van der Waals surface area contributed by atoms with E-state index in [0.29, 0.717) is 6.54 Å². The van der Waals surface area contributed by atoms with Crippen molar-refractivity contribution in [2.45, 2.75) is 32.4 Å². The Hall–Kier alpha value is -1.31. The Balaban J connectivity index is 2.46. The molecule has 0 aliphatic carbocycles. The van der Waals surface area contributed by atoms with Gasteiger partial charge in [-0.25, -0.2) is 0 Å². The van der Waals surface area contributed by atoms with Gasteiger partial charge in [-0.3, -0.25) is 0 Å². The lowest BCUT2D eigenvalue weighted by Crippen LogP contribution is -2.11. The summed E-state index contributed by atoms with van der Waals surface area (Å²) in [6.45, 7) is 2.48. The monoisotopic (exact) mass is 298 g/mol. The van der Waals surface area contributed by atoms with E-state index in [4.69, 9.17) is 16.3 Å². The molecule has 0 atom stereocenters. The van der Waals surface area contributed by atoms with Gasteiger partial charge in [0.25, 0.3) is 0 Å². The lowest BCUT2D eigenvalue weighted by Gasteiger charge is -2.08. The van der Waals surface area contributed by atoms with Crippen molar-refractivity contribution in [3.8, 4) is 6.01 Å². The van der Waals surface area contributed by atoms with Gasteiger partial charge < -0.3 is 10.1 Å². The maximum absolute atomic E-state index is 11.9. The van der Waals surface area contributed by atoms with E-state index in [1.807, 2.05) is 6.92 Å². The highest BCUT2D eigenvalue weighted by atomic mass is 35.5. The zero-order chi connectivity index (χ0) is 14.3. The predicted molar refractivity (Wildman–Crippen MR) is 64.4 cm³/mol. The molecule has 1 aromatic heterocycles. The Morgan fingerprint density at radius 3 is 2.63 bits per heavy atom. The molecule has 0 saturated heterocycles. The highest BCUT2D eigenvalue weighted by Crippen LogP contribution is 2.21. The molecule has 0 bridgehead atoms. The van der Waals surface area contributed by atoms with E-state index in [1.54, 1.807) is 0 Å². The van der Waals surface area contributed by atoms with Crippen LogP contribution in [0.3, 0.4) is 0 Å². The molecule has 0 fully saturated rings. The van der Waals surface area contributed by atoms with Crippen LogP contribution < -0.4 is 10.1 Å². The number of halogens is 4. The van der Waals surface area contributed by atoms with Crippen LogP contribution in [-0.4, -0.2) is 34.3 Å². The SMILES string of the molecule is CCCNc1nc(Cl)nc(OCCCC(F)(F)F)n1. The van der Waals surface area contributed by atoms with Gasteiger partial charge in [-0.1, -0.05) is 6.92 Å². The van der Waals surface area contributed by atoms with Crippen LogP contribution in [0, 0.1) is 0 Å². The molecular weight excluding hydrogens is 285 g/mol. The van der Waals surface area contributed by atoms with Crippen molar-refractivity contribution in [1.29, 1.82) is 0 Å². The van der Waals surface area contributed by atoms with Crippen molar-refractivity contribution in [3.63, 3.8) is 0 Å². The van der Waals surface area contributed by atoms with Gasteiger partial charge in [0.1, 0.15) is 0 Å². The summed E-state index contributed by atoms with van der Waals surface area (Å²) in [7, 11) is 0. The maximum atomic E-state index is 11.9. The second-order valence-electron chi connectivity index (χ2n) is 3.70. The smallest absolute Gasteiger partial charge is 0.389 e. The van der Waals surface area contributed by atoms with E-state index in [1.165, 1.54) is 0 Å². The summed E-state index contributed by atoms with van der Waals surface area (Å²) in [5, 5.41) is 2.81. The fraction of sp³-hybridized carbons (Fsp3) is 0.700. The average molecular weight is 299 g/mol. The molecule has 0 unspecified atom stereocenters. The number of nitrogens with one attached hydrogen (secondary N) is 1. The van der Waals surface area contributed by atoms with E-state index in [-0.39, 0.29) is 30.3 Å². The molecule has 0 aromatic carbocycles. The molecule has 0 radical (unpaired) electrons. The van der Waals surface area contributed by atoms with Gasteiger partial charge in [0.2, 0.25) is 11.2 Å². The summed E-state index contributed by atoms with van der Waals surface area (Å²) in [4.78, 5) is 11.4. The minimum atomic E-state index is -4.19. The molecule has 1 aromatic rings. The number of nitrogens with zero attached hydrogens (tertiary/aromatic N) is 3. The Bertz CT molecular complexity index is 403. The molecule has 19 heavy (non-hydrogen) atoms. The van der Waals surface area contributed by atoms with Gasteiger partial charge in [-0.05, 0) is 24.4 Å². The van der Waals surface area contributed by atoms with Crippen molar-refractivity contribution in [1.82, 2.24) is 15.0 Å². The molecule has 0 aliphatic heterocycles. The van der Waals surface area contributed by atoms with Gasteiger partial charge in [-0.2, -0.15) is 28.1 Å². The third-order valence-electron chi connectivity index (χ3n) is 1.96. The van der Waals surface area contributed by atoms with Gasteiger partial charge >= 0.3 is 12.2 Å². The van der Waals surface area contributed by atoms with E-state index >= 15 is 0 Å². The third-order valence-corrected chi connectivity index (χ3v) is 2.13. The highest BCUT2D eigenvalue weighted by molar-refractivity contribution is 6.28. The van der Waals surface area contributed by atoms with Crippen molar-refractivity contribution in [3.05, 3.63) is 5.28 Å². The summed E-state index contributed by atoms with van der Waals surface area (Å²) in [6.07, 6.45) is -4.39. The highest BCUT2D eigenvalue weighted by Gasteiger charge is 2.26. The molecule has 1 rings (SSSR count). The molecular formula is C10H14ClF3N4O. The second-order valence-corrected chi connectivity index (χ2v) is 4.04. The number of aromatic nitrogens is 3. The summed E-state index contributed by atoms with van der Waals surface area (Å²) in [5.41, 5.74) is 0. The van der Waals surface area contributed by atoms with Crippen molar-refractivity contribution < 1.29 is 17.9 Å². The van der Waals surface area contributed by atoms with Gasteiger partial charge in [0.05, 0.1) is 6.61 Å².